The zero-order valence-electron chi connectivity index (χ0n) is 28.0. The van der Waals surface area contributed by atoms with E-state index in [9.17, 15) is 20.4 Å². The molecule has 0 aliphatic carbocycles. The number of aryl methyl sites for hydroxylation is 1. The number of hydrogen-bond donors (Lipinski definition) is 4. The summed E-state index contributed by atoms with van der Waals surface area (Å²) in [5.41, 5.74) is 4.06. The SMILES string of the molecule is CCCCP(Oc1c(Cc2ccc(O)cc2O)cc(C)cc1Cc1ccc(O)cc1O)(c1ccccc1)(c1ccccc1)c1ccccc1. The topological polar surface area (TPSA) is 90.2 Å². The van der Waals surface area contributed by atoms with E-state index in [0.717, 1.165) is 51.6 Å². The van der Waals surface area contributed by atoms with Crippen LogP contribution in [0.15, 0.2) is 140 Å². The first-order valence-electron chi connectivity index (χ1n) is 16.8. The number of rotatable bonds is 12. The van der Waals surface area contributed by atoms with Crippen molar-refractivity contribution in [2.75, 3.05) is 6.16 Å². The van der Waals surface area contributed by atoms with E-state index in [1.54, 1.807) is 24.3 Å². The molecule has 0 aliphatic rings. The summed E-state index contributed by atoms with van der Waals surface area (Å²) in [5, 5.41) is 45.4. The van der Waals surface area contributed by atoms with Gasteiger partial charge in [0.05, 0.1) is 0 Å². The molecule has 0 spiro atoms. The zero-order valence-corrected chi connectivity index (χ0v) is 28.9. The molecule has 0 saturated heterocycles. The summed E-state index contributed by atoms with van der Waals surface area (Å²) in [4.78, 5) is 0. The maximum absolute atomic E-state index is 11.0. The van der Waals surface area contributed by atoms with Gasteiger partial charge in [0.2, 0.25) is 0 Å². The van der Waals surface area contributed by atoms with Crippen LogP contribution in [0.1, 0.15) is 47.6 Å². The normalized spacial score (nSPS) is 12.2. The van der Waals surface area contributed by atoms with E-state index in [-0.39, 0.29) is 23.0 Å². The molecule has 6 heteroatoms. The standard InChI is InChI=1S/C43H43O5P/c1-3-4-24-49(38-14-8-5-9-15-38,39-16-10-6-11-17-39,40-18-12-7-13-19-40)48-43-34(27-32-20-22-36(44)29-41(32)46)25-31(2)26-35(43)28-33-21-23-37(45)30-42(33)47/h5-23,25-26,29-30,44-47H,3-4,24,27-28H2,1-2H3. The Hall–Kier alpha value is -5.25. The molecule has 0 heterocycles. The van der Waals surface area contributed by atoms with Crippen molar-refractivity contribution >= 4 is 22.7 Å². The van der Waals surface area contributed by atoms with E-state index in [1.807, 2.05) is 25.1 Å². The third-order valence-electron chi connectivity index (χ3n) is 9.42. The van der Waals surface area contributed by atoms with Crippen molar-refractivity contribution in [1.29, 1.82) is 0 Å². The first-order valence-corrected chi connectivity index (χ1v) is 19.1. The van der Waals surface area contributed by atoms with Crippen LogP contribution >= 0.6 is 6.83 Å². The molecule has 0 fully saturated rings. The van der Waals surface area contributed by atoms with Gasteiger partial charge in [0, 0.05) is 0 Å². The second-order valence-electron chi connectivity index (χ2n) is 12.8. The molecule has 6 rings (SSSR count). The van der Waals surface area contributed by atoms with Gasteiger partial charge in [-0.05, 0) is 0 Å². The molecular formula is C43H43O5P. The Kier molecular flexibility index (Phi) is 9.67. The number of benzene rings is 6. The summed E-state index contributed by atoms with van der Waals surface area (Å²) in [6.45, 7) is 0.399. The molecule has 0 aromatic heterocycles. The average Bonchev–Trinajstić information content (AvgIpc) is 3.11. The number of unbranched alkanes of at least 4 members (excludes halogenated alkanes) is 1. The van der Waals surface area contributed by atoms with E-state index >= 15 is 0 Å². The fourth-order valence-corrected chi connectivity index (χ4v) is 13.1. The molecule has 5 nitrogen and oxygen atoms in total. The summed E-state index contributed by atoms with van der Waals surface area (Å²) in [5.74, 6) is 0.681. The van der Waals surface area contributed by atoms with Gasteiger partial charge >= 0.3 is 289 Å². The zero-order chi connectivity index (χ0) is 34.5. The van der Waals surface area contributed by atoms with Crippen LogP contribution in [0.25, 0.3) is 0 Å². The second-order valence-corrected chi connectivity index (χ2v) is 17.4. The third-order valence-corrected chi connectivity index (χ3v) is 15.4. The molecule has 49 heavy (non-hydrogen) atoms. The van der Waals surface area contributed by atoms with E-state index in [0.29, 0.717) is 29.7 Å². The molecule has 6 aromatic carbocycles. The van der Waals surface area contributed by atoms with Crippen LogP contribution in [0.4, 0.5) is 0 Å². The minimum absolute atomic E-state index is 0.00262. The van der Waals surface area contributed by atoms with Gasteiger partial charge in [-0.15, -0.1) is 0 Å². The van der Waals surface area contributed by atoms with E-state index in [4.69, 9.17) is 4.52 Å². The summed E-state index contributed by atoms with van der Waals surface area (Å²) < 4.78 is 8.11. The predicted molar refractivity (Wildman–Crippen MR) is 202 cm³/mol. The predicted octanol–water partition coefficient (Wildman–Crippen LogP) is 8.62. The Morgan fingerprint density at radius 2 is 0.918 bits per heavy atom. The summed E-state index contributed by atoms with van der Waals surface area (Å²) >= 11 is 0. The van der Waals surface area contributed by atoms with Crippen LogP contribution < -0.4 is 20.4 Å². The Bertz CT molecular complexity index is 1870. The van der Waals surface area contributed by atoms with Crippen molar-refractivity contribution in [3.05, 3.63) is 167 Å². The Labute approximate surface area is 288 Å². The Morgan fingerprint density at radius 1 is 0.510 bits per heavy atom. The molecule has 0 amide bonds. The third kappa shape index (κ3) is 6.47. The fourth-order valence-electron chi connectivity index (χ4n) is 7.05. The van der Waals surface area contributed by atoms with Gasteiger partial charge in [-0.25, -0.2) is 0 Å². The molecule has 250 valence electrons. The Balaban J connectivity index is 1.72. The number of hydrogen-bond acceptors (Lipinski definition) is 5. The van der Waals surface area contributed by atoms with Crippen LogP contribution in [0, 0.1) is 6.92 Å². The van der Waals surface area contributed by atoms with Crippen molar-refractivity contribution in [2.45, 2.75) is 39.5 Å². The first kappa shape index (κ1) is 33.6. The van der Waals surface area contributed by atoms with Gasteiger partial charge in [0.15, 0.2) is 0 Å². The molecule has 0 atom stereocenters. The fraction of sp³-hybridized carbons (Fsp3) is 0.163. The van der Waals surface area contributed by atoms with Gasteiger partial charge in [-0.2, -0.15) is 0 Å². The molecule has 0 unspecified atom stereocenters. The second kappa shape index (κ2) is 14.1. The molecule has 0 bridgehead atoms. The van der Waals surface area contributed by atoms with Gasteiger partial charge < -0.3 is 0 Å². The van der Waals surface area contributed by atoms with Crippen LogP contribution in [0.3, 0.4) is 0 Å². The van der Waals surface area contributed by atoms with Crippen molar-refractivity contribution < 1.29 is 24.9 Å². The van der Waals surface area contributed by atoms with Gasteiger partial charge in [0.1, 0.15) is 0 Å². The van der Waals surface area contributed by atoms with Gasteiger partial charge in [0.25, 0.3) is 0 Å². The van der Waals surface area contributed by atoms with Gasteiger partial charge in [-0.3, -0.25) is 0 Å². The molecule has 0 saturated carbocycles. The summed E-state index contributed by atoms with van der Waals surface area (Å²) in [6.07, 6.45) is 3.31. The van der Waals surface area contributed by atoms with Crippen molar-refractivity contribution in [2.24, 2.45) is 0 Å². The molecule has 6 aromatic rings. The maximum atomic E-state index is 11.0. The molecule has 0 radical (unpaired) electrons. The minimum atomic E-state index is -3.84. The molecular weight excluding hydrogens is 627 g/mol. The average molecular weight is 671 g/mol. The summed E-state index contributed by atoms with van der Waals surface area (Å²) in [7, 11) is 0. The molecule has 0 aliphatic heterocycles. The van der Waals surface area contributed by atoms with E-state index in [1.165, 1.54) is 12.1 Å². The van der Waals surface area contributed by atoms with Crippen molar-refractivity contribution in [1.82, 2.24) is 0 Å². The Morgan fingerprint density at radius 3 is 1.29 bits per heavy atom. The van der Waals surface area contributed by atoms with Crippen LogP contribution in [-0.2, 0) is 12.8 Å². The number of phenolic OH excluding ortho intramolecular Hbond substituents is 4. The van der Waals surface area contributed by atoms with Crippen LogP contribution in [-0.4, -0.2) is 26.6 Å². The van der Waals surface area contributed by atoms with E-state index in [2.05, 4.69) is 91.9 Å². The van der Waals surface area contributed by atoms with Crippen molar-refractivity contribution in [3.63, 3.8) is 0 Å². The van der Waals surface area contributed by atoms with Crippen LogP contribution in [0.5, 0.6) is 28.7 Å². The molecule has 4 N–H and O–H groups in total. The van der Waals surface area contributed by atoms with Crippen LogP contribution in [0.2, 0.25) is 0 Å². The van der Waals surface area contributed by atoms with Gasteiger partial charge in [-0.1, -0.05) is 0 Å². The number of aromatic hydroxyl groups is 4. The van der Waals surface area contributed by atoms with Crippen molar-refractivity contribution in [3.8, 4) is 28.7 Å². The number of phenols is 4. The monoisotopic (exact) mass is 670 g/mol. The quantitative estimate of drug-likeness (QED) is 0.0980. The first-order chi connectivity index (χ1) is 23.7. The summed E-state index contributed by atoms with van der Waals surface area (Å²) in [6, 6.07) is 45.3. The van der Waals surface area contributed by atoms with E-state index < -0.39 is 6.83 Å².